The van der Waals surface area contributed by atoms with E-state index in [9.17, 15) is 0 Å². The Bertz CT molecular complexity index is 810. The molecule has 4 aliphatic rings. The van der Waals surface area contributed by atoms with Gasteiger partial charge in [-0.15, -0.1) is 0 Å². The summed E-state index contributed by atoms with van der Waals surface area (Å²) in [4.78, 5) is 25.0. The molecule has 2 saturated heterocycles. The van der Waals surface area contributed by atoms with Crippen LogP contribution in [0.3, 0.4) is 0 Å². The summed E-state index contributed by atoms with van der Waals surface area (Å²) in [6.45, 7) is 34.2. The van der Waals surface area contributed by atoms with E-state index in [1.54, 1.807) is 0 Å². The smallest absolute Gasteiger partial charge is 0.141 e. The predicted molar refractivity (Wildman–Crippen MR) is 160 cm³/mol. The van der Waals surface area contributed by atoms with Crippen molar-refractivity contribution in [3.8, 4) is 0 Å². The fraction of sp³-hybridized carbons (Fsp3) is 1.00. The van der Waals surface area contributed by atoms with Crippen molar-refractivity contribution in [2.45, 2.75) is 185 Å². The van der Waals surface area contributed by atoms with Crippen LogP contribution in [0.4, 0.5) is 0 Å². The molecule has 2 heterocycles. The van der Waals surface area contributed by atoms with Crippen LogP contribution in [0.25, 0.3) is 0 Å². The van der Waals surface area contributed by atoms with Gasteiger partial charge in [0.05, 0.1) is 0 Å². The number of hydrogen-bond donors (Lipinski definition) is 0. The van der Waals surface area contributed by atoms with E-state index >= 15 is 0 Å². The van der Waals surface area contributed by atoms with Gasteiger partial charge < -0.3 is 0 Å². The summed E-state index contributed by atoms with van der Waals surface area (Å²) in [7, 11) is 0. The largest absolute Gasteiger partial charge is 0.229 e. The zero-order valence-corrected chi connectivity index (χ0v) is 28.4. The predicted octanol–water partition coefficient (Wildman–Crippen LogP) is 10.2. The van der Waals surface area contributed by atoms with E-state index in [2.05, 4.69) is 96.9 Å². The Kier molecular flexibility index (Phi) is 7.67. The molecular formula is C35H64O4. The molecular weight excluding hydrogens is 484 g/mol. The molecule has 4 rings (SSSR count). The molecule has 228 valence electrons. The number of hydrogen-bond acceptors (Lipinski definition) is 4. The Morgan fingerprint density at radius 3 is 0.949 bits per heavy atom. The maximum Gasteiger partial charge on any atom is 0.141 e. The first-order valence-corrected chi connectivity index (χ1v) is 16.5. The molecule has 0 spiro atoms. The molecule has 0 aromatic rings. The van der Waals surface area contributed by atoms with Crippen molar-refractivity contribution in [1.29, 1.82) is 0 Å². The quantitative estimate of drug-likeness (QED) is 0.254. The van der Waals surface area contributed by atoms with Crippen molar-refractivity contribution in [3.05, 3.63) is 0 Å². The lowest BCUT2D eigenvalue weighted by Gasteiger charge is -2.73. The molecule has 4 nitrogen and oxygen atoms in total. The third-order valence-electron chi connectivity index (χ3n) is 15.4. The minimum absolute atomic E-state index is 0.0861. The molecule has 4 heteroatoms. The molecule has 2 saturated carbocycles. The van der Waals surface area contributed by atoms with Crippen LogP contribution in [-0.2, 0) is 19.6 Å². The van der Waals surface area contributed by atoms with Crippen LogP contribution in [0.15, 0.2) is 0 Å². The highest BCUT2D eigenvalue weighted by Gasteiger charge is 2.78. The maximum absolute atomic E-state index is 6.37. The van der Waals surface area contributed by atoms with Crippen molar-refractivity contribution in [2.75, 3.05) is 0 Å². The standard InChI is InChI=1S/C35H64O4/c1-15-27(5,6)32(28(7,8)16-2)19-21-34(25(23-32)36-38-34)31(13,14)35-22-20-33(29(9,10)17-3,30(11,12)18-4)24-26(35)37-39-35/h25-26H,15-24H2,1-14H3. The van der Waals surface area contributed by atoms with Crippen molar-refractivity contribution < 1.29 is 19.6 Å². The van der Waals surface area contributed by atoms with E-state index in [0.29, 0.717) is 0 Å². The van der Waals surface area contributed by atoms with Gasteiger partial charge >= 0.3 is 0 Å². The molecule has 39 heavy (non-hydrogen) atoms. The normalized spacial score (nSPS) is 34.9. The highest BCUT2D eigenvalue weighted by molar-refractivity contribution is 5.23. The van der Waals surface area contributed by atoms with Crippen molar-refractivity contribution in [1.82, 2.24) is 0 Å². The Morgan fingerprint density at radius 1 is 0.487 bits per heavy atom. The van der Waals surface area contributed by atoms with Gasteiger partial charge in [0.15, 0.2) is 0 Å². The van der Waals surface area contributed by atoms with Gasteiger partial charge in [-0.3, -0.25) is 0 Å². The molecule has 2 aliphatic carbocycles. The van der Waals surface area contributed by atoms with E-state index in [1.807, 2.05) is 0 Å². The van der Waals surface area contributed by atoms with Crippen molar-refractivity contribution in [2.24, 2.45) is 37.9 Å². The third-order valence-corrected chi connectivity index (χ3v) is 15.4. The van der Waals surface area contributed by atoms with Crippen LogP contribution in [0.1, 0.15) is 161 Å². The highest BCUT2D eigenvalue weighted by atomic mass is 17.3. The summed E-state index contributed by atoms with van der Waals surface area (Å²) in [5.74, 6) is 0. The number of fused-ring (bicyclic) bond motifs is 2. The molecule has 0 bridgehead atoms. The van der Waals surface area contributed by atoms with E-state index in [4.69, 9.17) is 19.6 Å². The summed E-state index contributed by atoms with van der Waals surface area (Å²) >= 11 is 0. The lowest BCUT2D eigenvalue weighted by molar-refractivity contribution is -0.601. The van der Waals surface area contributed by atoms with Crippen molar-refractivity contribution in [3.63, 3.8) is 0 Å². The van der Waals surface area contributed by atoms with Crippen LogP contribution in [-0.4, -0.2) is 23.4 Å². The summed E-state index contributed by atoms with van der Waals surface area (Å²) in [6.07, 6.45) is 11.3. The van der Waals surface area contributed by atoms with Gasteiger partial charge in [0, 0.05) is 5.41 Å². The average Bonchev–Trinajstić information content (AvgIpc) is 2.84. The molecule has 0 radical (unpaired) electrons. The Balaban J connectivity index is 1.69. The molecule has 0 aromatic heterocycles. The third kappa shape index (κ3) is 3.75. The Hall–Kier alpha value is -0.160. The first kappa shape index (κ1) is 31.8. The Morgan fingerprint density at radius 2 is 0.769 bits per heavy atom. The lowest BCUT2D eigenvalue weighted by atomic mass is 9.39. The second-order valence-corrected chi connectivity index (χ2v) is 17.3. The van der Waals surface area contributed by atoms with Gasteiger partial charge in [-0.05, 0) is 71.0 Å². The van der Waals surface area contributed by atoms with Gasteiger partial charge in [0.25, 0.3) is 0 Å². The van der Waals surface area contributed by atoms with Gasteiger partial charge in [-0.25, -0.2) is 19.6 Å². The van der Waals surface area contributed by atoms with Gasteiger partial charge in [-0.2, -0.15) is 0 Å². The second-order valence-electron chi connectivity index (χ2n) is 17.3. The van der Waals surface area contributed by atoms with E-state index in [-0.39, 0.29) is 61.3 Å². The van der Waals surface area contributed by atoms with Crippen LogP contribution >= 0.6 is 0 Å². The van der Waals surface area contributed by atoms with E-state index < -0.39 is 0 Å². The SMILES string of the molecule is CCC(C)(C)C1(C(C)(C)CC)CCC2(C(C)(C)C34CCC(C(C)(C)CC)(C(C)(C)CC)CC3OO4)OOC2C1. The van der Waals surface area contributed by atoms with Gasteiger partial charge in [0.1, 0.15) is 23.4 Å². The van der Waals surface area contributed by atoms with E-state index in [1.165, 1.54) is 25.7 Å². The lowest BCUT2D eigenvalue weighted by Crippen LogP contribution is -2.80. The zero-order chi connectivity index (χ0) is 29.6. The molecule has 0 aromatic carbocycles. The van der Waals surface area contributed by atoms with Gasteiger partial charge in [-0.1, -0.05) is 123 Å². The van der Waals surface area contributed by atoms with Crippen LogP contribution < -0.4 is 0 Å². The van der Waals surface area contributed by atoms with Gasteiger partial charge in [0.2, 0.25) is 0 Å². The molecule has 4 unspecified atom stereocenters. The first-order chi connectivity index (χ1) is 17.8. The number of rotatable bonds is 10. The molecule has 4 fully saturated rings. The summed E-state index contributed by atoms with van der Waals surface area (Å²) in [5, 5.41) is 0. The fourth-order valence-electron chi connectivity index (χ4n) is 10.5. The monoisotopic (exact) mass is 548 g/mol. The summed E-state index contributed by atoms with van der Waals surface area (Å²) in [6, 6.07) is 0. The summed E-state index contributed by atoms with van der Waals surface area (Å²) in [5.41, 5.74) is 0.374. The molecule has 2 aliphatic heterocycles. The van der Waals surface area contributed by atoms with Crippen LogP contribution in [0, 0.1) is 37.9 Å². The molecule has 0 N–H and O–H groups in total. The van der Waals surface area contributed by atoms with E-state index in [0.717, 1.165) is 38.5 Å². The first-order valence-electron chi connectivity index (χ1n) is 16.5. The molecule has 4 atom stereocenters. The summed E-state index contributed by atoms with van der Waals surface area (Å²) < 4.78 is 0. The van der Waals surface area contributed by atoms with Crippen LogP contribution in [0.2, 0.25) is 0 Å². The van der Waals surface area contributed by atoms with Crippen LogP contribution in [0.5, 0.6) is 0 Å². The minimum Gasteiger partial charge on any atom is -0.229 e. The molecule has 0 amide bonds. The van der Waals surface area contributed by atoms with Crippen molar-refractivity contribution >= 4 is 0 Å². The Labute approximate surface area is 241 Å². The average molecular weight is 549 g/mol. The topological polar surface area (TPSA) is 36.9 Å². The second kappa shape index (κ2) is 9.42. The maximum atomic E-state index is 6.37. The fourth-order valence-corrected chi connectivity index (χ4v) is 10.5. The zero-order valence-electron chi connectivity index (χ0n) is 28.4. The minimum atomic E-state index is -0.341. The highest BCUT2D eigenvalue weighted by Crippen LogP contribution is 2.73.